The molecule has 1 aliphatic rings. The minimum Gasteiger partial charge on any atom is -0.352 e. The lowest BCUT2D eigenvalue weighted by atomic mass is 9.88. The zero-order valence-corrected chi connectivity index (χ0v) is 22.4. The molecule has 0 unspecified atom stereocenters. The lowest BCUT2D eigenvalue weighted by molar-refractivity contribution is -0.131. The number of aromatic amines is 1. The molecule has 4 aromatic rings. The number of benzene rings is 3. The molecule has 2 heterocycles. The second kappa shape index (κ2) is 13.7. The summed E-state index contributed by atoms with van der Waals surface area (Å²) in [6, 6.07) is 32.0. The van der Waals surface area contributed by atoms with E-state index in [0.29, 0.717) is 37.8 Å². The van der Waals surface area contributed by atoms with Crippen molar-refractivity contribution < 1.29 is 4.79 Å². The zero-order valence-electron chi connectivity index (χ0n) is 22.4. The van der Waals surface area contributed by atoms with Crippen LogP contribution in [0.1, 0.15) is 42.1 Å². The highest BCUT2D eigenvalue weighted by molar-refractivity contribution is 5.76. The third kappa shape index (κ3) is 7.51. The van der Waals surface area contributed by atoms with E-state index in [4.69, 9.17) is 0 Å². The molecule has 1 amide bonds. The average Bonchev–Trinajstić information content (AvgIpc) is 3.51. The van der Waals surface area contributed by atoms with E-state index in [2.05, 4.69) is 115 Å². The van der Waals surface area contributed by atoms with Crippen LogP contribution in [0.5, 0.6) is 0 Å². The van der Waals surface area contributed by atoms with Gasteiger partial charge in [0.05, 0.1) is 6.67 Å². The second-order valence-corrected chi connectivity index (χ2v) is 10.1. The maximum absolute atomic E-state index is 13.3. The molecule has 202 valence electrons. The highest BCUT2D eigenvalue weighted by atomic mass is 16.2. The third-order valence-corrected chi connectivity index (χ3v) is 7.50. The number of nitrogens with zero attached hydrogens (tertiary/aromatic N) is 6. The molecular formula is C31H37N7O. The molecule has 8 nitrogen and oxygen atoms in total. The van der Waals surface area contributed by atoms with Crippen LogP contribution in [0, 0.1) is 0 Å². The number of amides is 1. The largest absolute Gasteiger partial charge is 0.352 e. The van der Waals surface area contributed by atoms with Gasteiger partial charge in [-0.15, -0.1) is 10.2 Å². The van der Waals surface area contributed by atoms with E-state index in [1.165, 1.54) is 11.1 Å². The van der Waals surface area contributed by atoms with Crippen LogP contribution in [-0.2, 0) is 11.2 Å². The molecule has 39 heavy (non-hydrogen) atoms. The number of carbonyl (C=O) groups excluding carboxylic acids is 1. The van der Waals surface area contributed by atoms with Crippen molar-refractivity contribution >= 4 is 11.6 Å². The second-order valence-electron chi connectivity index (χ2n) is 10.1. The van der Waals surface area contributed by atoms with Crippen molar-refractivity contribution in [2.24, 2.45) is 0 Å². The Balaban J connectivity index is 1.29. The van der Waals surface area contributed by atoms with E-state index in [-0.39, 0.29) is 5.91 Å². The summed E-state index contributed by atoms with van der Waals surface area (Å²) in [6.07, 6.45) is 3.00. The number of H-pyrrole nitrogens is 1. The number of anilines is 1. The van der Waals surface area contributed by atoms with Gasteiger partial charge in [-0.05, 0) is 49.2 Å². The molecule has 1 saturated heterocycles. The van der Waals surface area contributed by atoms with Crippen molar-refractivity contribution in [3.63, 3.8) is 0 Å². The van der Waals surface area contributed by atoms with Gasteiger partial charge in [0.2, 0.25) is 5.91 Å². The Morgan fingerprint density at radius 1 is 0.795 bits per heavy atom. The predicted molar refractivity (Wildman–Crippen MR) is 153 cm³/mol. The molecule has 1 fully saturated rings. The Morgan fingerprint density at radius 2 is 1.46 bits per heavy atom. The lowest BCUT2D eigenvalue weighted by Crippen LogP contribution is -2.47. The molecule has 0 bridgehead atoms. The molecule has 0 radical (unpaired) electrons. The molecule has 0 spiro atoms. The molecule has 1 N–H and O–H groups in total. The van der Waals surface area contributed by atoms with E-state index >= 15 is 0 Å². The van der Waals surface area contributed by atoms with E-state index in [1.807, 2.05) is 11.0 Å². The number of para-hydroxylation sites is 1. The highest BCUT2D eigenvalue weighted by Gasteiger charge is 2.22. The minimum absolute atomic E-state index is 0.174. The van der Waals surface area contributed by atoms with E-state index in [9.17, 15) is 4.79 Å². The average molecular weight is 524 g/mol. The zero-order chi connectivity index (χ0) is 26.7. The lowest BCUT2D eigenvalue weighted by Gasteiger charge is -2.36. The standard InChI is InChI=1S/C31H37N7O/c39-31-17-10-20-36(21-18-29(26-11-4-1-5-12-26)27-13-6-2-7-14-27)23-24-37(28-15-8-3-9-16-28)25-38(31)22-19-30-32-34-35-33-30/h1-9,11-16,29H,10,17-25H2,(H,32,33,34,35). The van der Waals surface area contributed by atoms with Crippen LogP contribution >= 0.6 is 0 Å². The molecule has 8 heteroatoms. The Kier molecular flexibility index (Phi) is 9.31. The monoisotopic (exact) mass is 523 g/mol. The van der Waals surface area contributed by atoms with Crippen molar-refractivity contribution in [3.8, 4) is 0 Å². The molecule has 1 aromatic heterocycles. The smallest absolute Gasteiger partial charge is 0.224 e. The number of aromatic nitrogens is 4. The normalized spacial score (nSPS) is 15.6. The van der Waals surface area contributed by atoms with Gasteiger partial charge in [0.15, 0.2) is 5.82 Å². The van der Waals surface area contributed by atoms with Gasteiger partial charge in [0.25, 0.3) is 0 Å². The van der Waals surface area contributed by atoms with Crippen LogP contribution in [0.3, 0.4) is 0 Å². The maximum atomic E-state index is 13.3. The number of nitrogens with one attached hydrogen (secondary N) is 1. The number of hydrogen-bond acceptors (Lipinski definition) is 6. The summed E-state index contributed by atoms with van der Waals surface area (Å²) in [7, 11) is 0. The minimum atomic E-state index is 0.174. The Morgan fingerprint density at radius 3 is 2.10 bits per heavy atom. The van der Waals surface area contributed by atoms with Crippen molar-refractivity contribution in [1.29, 1.82) is 0 Å². The number of carbonyl (C=O) groups is 1. The number of hydrogen-bond donors (Lipinski definition) is 1. The van der Waals surface area contributed by atoms with Crippen molar-refractivity contribution in [2.45, 2.75) is 31.6 Å². The maximum Gasteiger partial charge on any atom is 0.224 e. The first kappa shape index (κ1) is 26.6. The van der Waals surface area contributed by atoms with Gasteiger partial charge < -0.3 is 14.7 Å². The summed E-state index contributed by atoms with van der Waals surface area (Å²) in [5, 5.41) is 14.3. The van der Waals surface area contributed by atoms with E-state index in [1.54, 1.807) is 0 Å². The summed E-state index contributed by atoms with van der Waals surface area (Å²) >= 11 is 0. The first-order valence-electron chi connectivity index (χ1n) is 13.9. The summed E-state index contributed by atoms with van der Waals surface area (Å²) in [5.41, 5.74) is 3.83. The fourth-order valence-corrected chi connectivity index (χ4v) is 5.34. The topological polar surface area (TPSA) is 81.3 Å². The van der Waals surface area contributed by atoms with Gasteiger partial charge in [0, 0.05) is 44.1 Å². The first-order valence-corrected chi connectivity index (χ1v) is 13.9. The quantitative estimate of drug-likeness (QED) is 0.351. The Hall–Kier alpha value is -4.04. The summed E-state index contributed by atoms with van der Waals surface area (Å²) in [5.74, 6) is 1.15. The molecular weight excluding hydrogens is 486 g/mol. The third-order valence-electron chi connectivity index (χ3n) is 7.50. The van der Waals surface area contributed by atoms with Crippen LogP contribution in [0.25, 0.3) is 0 Å². The molecule has 5 rings (SSSR count). The van der Waals surface area contributed by atoms with E-state index in [0.717, 1.165) is 44.7 Å². The van der Waals surface area contributed by atoms with Gasteiger partial charge >= 0.3 is 0 Å². The van der Waals surface area contributed by atoms with Crippen LogP contribution in [0.4, 0.5) is 5.69 Å². The number of tetrazole rings is 1. The fraction of sp³-hybridized carbons (Fsp3) is 0.355. The SMILES string of the molecule is O=C1CCCN(CCC(c2ccccc2)c2ccccc2)CCN(c2ccccc2)CN1CCc1nn[nH]n1. The number of rotatable bonds is 9. The van der Waals surface area contributed by atoms with Gasteiger partial charge in [-0.2, -0.15) is 5.21 Å². The first-order chi connectivity index (χ1) is 19.3. The van der Waals surface area contributed by atoms with Crippen molar-refractivity contribution in [2.75, 3.05) is 44.3 Å². The van der Waals surface area contributed by atoms with Gasteiger partial charge in [-0.1, -0.05) is 84.1 Å². The molecule has 0 aliphatic carbocycles. The summed E-state index contributed by atoms with van der Waals surface area (Å²) in [4.78, 5) is 20.1. The van der Waals surface area contributed by atoms with Crippen molar-refractivity contribution in [1.82, 2.24) is 30.4 Å². The predicted octanol–water partition coefficient (Wildman–Crippen LogP) is 4.35. The molecule has 0 saturated carbocycles. The van der Waals surface area contributed by atoms with E-state index < -0.39 is 0 Å². The van der Waals surface area contributed by atoms with Gasteiger partial charge in [-0.3, -0.25) is 4.79 Å². The van der Waals surface area contributed by atoms with Crippen LogP contribution in [-0.4, -0.2) is 75.7 Å². The fourth-order valence-electron chi connectivity index (χ4n) is 5.34. The Labute approximate surface area is 230 Å². The van der Waals surface area contributed by atoms with Crippen LogP contribution in [0.2, 0.25) is 0 Å². The van der Waals surface area contributed by atoms with Crippen LogP contribution < -0.4 is 4.90 Å². The van der Waals surface area contributed by atoms with Gasteiger partial charge in [-0.25, -0.2) is 0 Å². The molecule has 1 aliphatic heterocycles. The summed E-state index contributed by atoms with van der Waals surface area (Å²) < 4.78 is 0. The Bertz CT molecular complexity index is 1210. The van der Waals surface area contributed by atoms with Crippen molar-refractivity contribution in [3.05, 3.63) is 108 Å². The highest BCUT2D eigenvalue weighted by Crippen LogP contribution is 2.28. The molecule has 3 aromatic carbocycles. The summed E-state index contributed by atoms with van der Waals surface area (Å²) in [6.45, 7) is 4.79. The van der Waals surface area contributed by atoms with Crippen LogP contribution in [0.15, 0.2) is 91.0 Å². The molecule has 0 atom stereocenters. The van der Waals surface area contributed by atoms with Gasteiger partial charge in [0.1, 0.15) is 0 Å².